The van der Waals surface area contributed by atoms with Crippen LogP contribution < -0.4 is 0 Å². The predicted octanol–water partition coefficient (Wildman–Crippen LogP) is 3.93. The molecule has 0 N–H and O–H groups in total. The summed E-state index contributed by atoms with van der Waals surface area (Å²) in [6.07, 6.45) is 0. The minimum absolute atomic E-state index is 0.0344. The van der Waals surface area contributed by atoms with Crippen LogP contribution in [0.15, 0.2) is 53.1 Å². The van der Waals surface area contributed by atoms with Gasteiger partial charge in [-0.3, -0.25) is 4.79 Å². The molecular formula is C16H11ClN2O2. The lowest BCUT2D eigenvalue weighted by atomic mass is 10.1. The molecule has 4 nitrogen and oxygen atoms in total. The fourth-order valence-electron chi connectivity index (χ4n) is 1.86. The quantitative estimate of drug-likeness (QED) is 0.687. The van der Waals surface area contributed by atoms with Gasteiger partial charge in [0.2, 0.25) is 5.82 Å². The fraction of sp³-hybridized carbons (Fsp3) is 0.0625. The van der Waals surface area contributed by atoms with E-state index >= 15 is 0 Å². The number of ketones is 1. The average Bonchev–Trinajstić information content (AvgIpc) is 2.98. The molecule has 3 aromatic rings. The molecule has 1 aromatic heterocycles. The van der Waals surface area contributed by atoms with E-state index in [1.54, 1.807) is 24.3 Å². The molecule has 104 valence electrons. The van der Waals surface area contributed by atoms with Gasteiger partial charge in [0.05, 0.1) is 0 Å². The Labute approximate surface area is 126 Å². The van der Waals surface area contributed by atoms with E-state index in [1.807, 2.05) is 31.2 Å². The van der Waals surface area contributed by atoms with Crippen LogP contribution in [-0.4, -0.2) is 15.9 Å². The molecule has 5 heteroatoms. The first-order chi connectivity index (χ1) is 10.1. The zero-order chi connectivity index (χ0) is 14.8. The summed E-state index contributed by atoms with van der Waals surface area (Å²) in [4.78, 5) is 16.4. The third-order valence-corrected chi connectivity index (χ3v) is 3.29. The maximum absolute atomic E-state index is 12.2. The predicted molar refractivity (Wildman–Crippen MR) is 79.4 cm³/mol. The molecule has 2 aromatic carbocycles. The van der Waals surface area contributed by atoms with Crippen molar-refractivity contribution in [3.63, 3.8) is 0 Å². The van der Waals surface area contributed by atoms with Crippen molar-refractivity contribution in [2.75, 3.05) is 0 Å². The van der Waals surface area contributed by atoms with Gasteiger partial charge in [-0.2, -0.15) is 4.98 Å². The van der Waals surface area contributed by atoms with Crippen molar-refractivity contribution in [1.29, 1.82) is 0 Å². The van der Waals surface area contributed by atoms with E-state index in [4.69, 9.17) is 16.1 Å². The van der Waals surface area contributed by atoms with Gasteiger partial charge in [0.1, 0.15) is 0 Å². The standard InChI is InChI=1S/C16H11ClN2O2/c1-10-2-4-12(5-3-10)15-18-16(21-19-15)14(20)11-6-8-13(17)9-7-11/h2-9H,1H3. The normalized spacial score (nSPS) is 10.6. The van der Waals surface area contributed by atoms with Gasteiger partial charge in [0.15, 0.2) is 0 Å². The Balaban J connectivity index is 1.89. The van der Waals surface area contributed by atoms with Crippen molar-refractivity contribution in [2.45, 2.75) is 6.92 Å². The van der Waals surface area contributed by atoms with Crippen molar-refractivity contribution in [3.05, 3.63) is 70.6 Å². The second kappa shape index (κ2) is 5.50. The average molecular weight is 299 g/mol. The Morgan fingerprint density at radius 1 is 1.05 bits per heavy atom. The van der Waals surface area contributed by atoms with Crippen molar-refractivity contribution in [2.24, 2.45) is 0 Å². The van der Waals surface area contributed by atoms with Gasteiger partial charge >= 0.3 is 0 Å². The Morgan fingerprint density at radius 2 is 1.71 bits per heavy atom. The molecule has 0 saturated carbocycles. The molecule has 0 spiro atoms. The monoisotopic (exact) mass is 298 g/mol. The van der Waals surface area contributed by atoms with Crippen LogP contribution in [0.25, 0.3) is 11.4 Å². The van der Waals surface area contributed by atoms with E-state index in [9.17, 15) is 4.79 Å². The highest BCUT2D eigenvalue weighted by molar-refractivity contribution is 6.30. The molecule has 0 atom stereocenters. The van der Waals surface area contributed by atoms with E-state index in [0.717, 1.165) is 11.1 Å². The summed E-state index contributed by atoms with van der Waals surface area (Å²) in [6.45, 7) is 2.00. The number of carbonyl (C=O) groups excluding carboxylic acids is 1. The third kappa shape index (κ3) is 2.85. The van der Waals surface area contributed by atoms with E-state index in [2.05, 4.69) is 10.1 Å². The van der Waals surface area contributed by atoms with Crippen LogP contribution in [0.1, 0.15) is 21.8 Å². The largest absolute Gasteiger partial charge is 0.330 e. The summed E-state index contributed by atoms with van der Waals surface area (Å²) in [5, 5.41) is 4.41. The second-order valence-corrected chi connectivity index (χ2v) is 5.06. The van der Waals surface area contributed by atoms with Crippen LogP contribution in [0, 0.1) is 6.92 Å². The summed E-state index contributed by atoms with van der Waals surface area (Å²) in [7, 11) is 0. The number of aromatic nitrogens is 2. The number of aryl methyl sites for hydroxylation is 1. The Bertz CT molecular complexity index is 777. The maximum atomic E-state index is 12.2. The Hall–Kier alpha value is -2.46. The molecule has 0 radical (unpaired) electrons. The van der Waals surface area contributed by atoms with Gasteiger partial charge in [-0.1, -0.05) is 46.6 Å². The zero-order valence-electron chi connectivity index (χ0n) is 11.2. The van der Waals surface area contributed by atoms with E-state index in [0.29, 0.717) is 16.4 Å². The van der Waals surface area contributed by atoms with Crippen LogP contribution >= 0.6 is 11.6 Å². The van der Waals surface area contributed by atoms with Gasteiger partial charge in [-0.05, 0) is 31.2 Å². The van der Waals surface area contributed by atoms with Crippen LogP contribution in [-0.2, 0) is 0 Å². The molecular weight excluding hydrogens is 288 g/mol. The fourth-order valence-corrected chi connectivity index (χ4v) is 1.99. The van der Waals surface area contributed by atoms with Crippen LogP contribution in [0.3, 0.4) is 0 Å². The first-order valence-electron chi connectivity index (χ1n) is 6.34. The molecule has 0 bridgehead atoms. The summed E-state index contributed by atoms with van der Waals surface area (Å²) in [6, 6.07) is 14.2. The van der Waals surface area contributed by atoms with Crippen LogP contribution in [0.5, 0.6) is 0 Å². The number of hydrogen-bond acceptors (Lipinski definition) is 4. The van der Waals surface area contributed by atoms with E-state index < -0.39 is 0 Å². The third-order valence-electron chi connectivity index (χ3n) is 3.04. The van der Waals surface area contributed by atoms with Crippen molar-refractivity contribution >= 4 is 17.4 Å². The molecule has 0 aliphatic rings. The molecule has 0 aliphatic carbocycles. The summed E-state index contributed by atoms with van der Waals surface area (Å²) in [5.74, 6) is 0.0396. The lowest BCUT2D eigenvalue weighted by Gasteiger charge is -1.96. The van der Waals surface area contributed by atoms with Crippen molar-refractivity contribution < 1.29 is 9.32 Å². The number of benzene rings is 2. The lowest BCUT2D eigenvalue weighted by molar-refractivity contribution is 0.0994. The zero-order valence-corrected chi connectivity index (χ0v) is 12.0. The summed E-state index contributed by atoms with van der Waals surface area (Å²) in [5.41, 5.74) is 2.40. The molecule has 0 unspecified atom stereocenters. The van der Waals surface area contributed by atoms with E-state index in [-0.39, 0.29) is 11.7 Å². The van der Waals surface area contributed by atoms with Crippen LogP contribution in [0.2, 0.25) is 5.02 Å². The molecule has 21 heavy (non-hydrogen) atoms. The summed E-state index contributed by atoms with van der Waals surface area (Å²) >= 11 is 5.80. The lowest BCUT2D eigenvalue weighted by Crippen LogP contribution is -2.01. The van der Waals surface area contributed by atoms with Gasteiger partial charge in [-0.15, -0.1) is 0 Å². The topological polar surface area (TPSA) is 56.0 Å². The van der Waals surface area contributed by atoms with E-state index in [1.165, 1.54) is 0 Å². The first-order valence-corrected chi connectivity index (χ1v) is 6.72. The van der Waals surface area contributed by atoms with Gasteiger partial charge in [-0.25, -0.2) is 0 Å². The highest BCUT2D eigenvalue weighted by Gasteiger charge is 2.17. The number of nitrogens with zero attached hydrogens (tertiary/aromatic N) is 2. The Morgan fingerprint density at radius 3 is 2.38 bits per heavy atom. The smallest absolute Gasteiger partial charge is 0.299 e. The SMILES string of the molecule is Cc1ccc(-c2noc(C(=O)c3ccc(Cl)cc3)n2)cc1. The molecule has 3 rings (SSSR count). The minimum Gasteiger partial charge on any atom is -0.330 e. The van der Waals surface area contributed by atoms with Gasteiger partial charge < -0.3 is 4.52 Å². The van der Waals surface area contributed by atoms with Gasteiger partial charge in [0.25, 0.3) is 11.7 Å². The molecule has 0 fully saturated rings. The van der Waals surface area contributed by atoms with Crippen LogP contribution in [0.4, 0.5) is 0 Å². The molecule has 0 saturated heterocycles. The molecule has 1 heterocycles. The molecule has 0 aliphatic heterocycles. The van der Waals surface area contributed by atoms with Crippen molar-refractivity contribution in [1.82, 2.24) is 10.1 Å². The highest BCUT2D eigenvalue weighted by atomic mass is 35.5. The van der Waals surface area contributed by atoms with Gasteiger partial charge in [0, 0.05) is 16.1 Å². The first kappa shape index (κ1) is 13.5. The second-order valence-electron chi connectivity index (χ2n) is 4.63. The maximum Gasteiger partial charge on any atom is 0.299 e. The van der Waals surface area contributed by atoms with Crippen molar-refractivity contribution in [3.8, 4) is 11.4 Å². The minimum atomic E-state index is -0.322. The number of carbonyl (C=O) groups is 1. The summed E-state index contributed by atoms with van der Waals surface area (Å²) < 4.78 is 5.05. The number of halogens is 1. The number of rotatable bonds is 3. The molecule has 0 amide bonds. The highest BCUT2D eigenvalue weighted by Crippen LogP contribution is 2.18. The number of hydrogen-bond donors (Lipinski definition) is 0. The Kier molecular flexibility index (Phi) is 3.54.